The number of nitrogens with one attached hydrogen (secondary N) is 1. The van der Waals surface area contributed by atoms with Crippen LogP contribution in [-0.2, 0) is 9.53 Å². The van der Waals surface area contributed by atoms with Crippen molar-refractivity contribution in [3.63, 3.8) is 0 Å². The number of nitrogens with zero attached hydrogens (tertiary/aromatic N) is 1. The van der Waals surface area contributed by atoms with Gasteiger partial charge in [-0.25, -0.2) is 4.79 Å². The molecule has 0 radical (unpaired) electrons. The number of rotatable bonds is 6. The molecule has 0 aliphatic heterocycles. The topological polar surface area (TPSA) is 78.9 Å². The molecule has 1 aliphatic rings. The van der Waals surface area contributed by atoms with Gasteiger partial charge in [0.05, 0.1) is 6.10 Å². The van der Waals surface area contributed by atoms with Crippen LogP contribution in [0.25, 0.3) is 0 Å². The third-order valence-electron chi connectivity index (χ3n) is 2.86. The van der Waals surface area contributed by atoms with Crippen LogP contribution in [0.4, 0.5) is 4.79 Å². The Morgan fingerprint density at radius 3 is 2.59 bits per heavy atom. The van der Waals surface area contributed by atoms with Crippen molar-refractivity contribution in [3.05, 3.63) is 0 Å². The van der Waals surface area contributed by atoms with Crippen LogP contribution in [-0.4, -0.2) is 54.4 Å². The van der Waals surface area contributed by atoms with E-state index in [1.165, 1.54) is 4.90 Å². The van der Waals surface area contributed by atoms with E-state index in [1.807, 2.05) is 6.92 Å². The minimum atomic E-state index is -0.989. The normalized spacial score (nSPS) is 22.7. The van der Waals surface area contributed by atoms with Crippen molar-refractivity contribution < 1.29 is 19.4 Å². The Balaban J connectivity index is 2.35. The maximum Gasteiger partial charge on any atom is 0.323 e. The number of hydrogen-bond acceptors (Lipinski definition) is 3. The number of urea groups is 1. The Kier molecular flexibility index (Phi) is 5.21. The average molecular weight is 244 g/mol. The number of methoxy groups -OCH3 is 1. The summed E-state index contributed by atoms with van der Waals surface area (Å²) in [5.41, 5.74) is 0. The van der Waals surface area contributed by atoms with E-state index >= 15 is 0 Å². The van der Waals surface area contributed by atoms with Crippen molar-refractivity contribution in [2.45, 2.75) is 38.3 Å². The van der Waals surface area contributed by atoms with Gasteiger partial charge in [-0.05, 0) is 19.3 Å². The van der Waals surface area contributed by atoms with Crippen LogP contribution in [0.15, 0.2) is 0 Å². The molecule has 0 aromatic rings. The first kappa shape index (κ1) is 13.8. The number of carboxylic acids is 1. The summed E-state index contributed by atoms with van der Waals surface area (Å²) in [4.78, 5) is 23.7. The highest BCUT2D eigenvalue weighted by Gasteiger charge is 2.31. The summed E-state index contributed by atoms with van der Waals surface area (Å²) < 4.78 is 5.11. The van der Waals surface area contributed by atoms with Gasteiger partial charge in [0.25, 0.3) is 0 Å². The summed E-state index contributed by atoms with van der Waals surface area (Å²) in [6.45, 7) is 2.12. The molecule has 0 bridgehead atoms. The molecule has 2 amide bonds. The third kappa shape index (κ3) is 4.22. The van der Waals surface area contributed by atoms with Gasteiger partial charge in [0, 0.05) is 19.7 Å². The molecule has 6 heteroatoms. The number of amides is 2. The third-order valence-corrected chi connectivity index (χ3v) is 2.86. The van der Waals surface area contributed by atoms with Crippen LogP contribution in [0.1, 0.15) is 26.2 Å². The molecule has 1 aliphatic carbocycles. The first-order valence-electron chi connectivity index (χ1n) is 5.86. The monoisotopic (exact) mass is 244 g/mol. The second-order valence-electron chi connectivity index (χ2n) is 4.29. The van der Waals surface area contributed by atoms with Crippen LogP contribution in [0, 0.1) is 0 Å². The predicted octanol–water partition coefficient (Wildman–Crippen LogP) is 0.670. The standard InChI is InChI=1S/C11H20N2O4/c1-3-4-13(7-10(14)15)11(16)12-8-5-9(6-8)17-2/h8-9H,3-7H2,1-2H3,(H,12,16)(H,14,15). The molecular formula is C11H20N2O4. The fourth-order valence-corrected chi connectivity index (χ4v) is 1.83. The predicted molar refractivity (Wildman–Crippen MR) is 61.9 cm³/mol. The molecule has 0 spiro atoms. The molecule has 0 aromatic heterocycles. The molecule has 1 rings (SSSR count). The van der Waals surface area contributed by atoms with Gasteiger partial charge in [0.2, 0.25) is 0 Å². The second-order valence-corrected chi connectivity index (χ2v) is 4.29. The Labute approximate surface area is 101 Å². The highest BCUT2D eigenvalue weighted by Crippen LogP contribution is 2.22. The molecule has 0 unspecified atom stereocenters. The van der Waals surface area contributed by atoms with Gasteiger partial charge in [-0.2, -0.15) is 0 Å². The molecule has 17 heavy (non-hydrogen) atoms. The summed E-state index contributed by atoms with van der Waals surface area (Å²) in [6.07, 6.45) is 2.57. The van der Waals surface area contributed by atoms with E-state index < -0.39 is 5.97 Å². The van der Waals surface area contributed by atoms with Gasteiger partial charge >= 0.3 is 12.0 Å². The van der Waals surface area contributed by atoms with Crippen LogP contribution >= 0.6 is 0 Å². The second kappa shape index (κ2) is 6.44. The number of ether oxygens (including phenoxy) is 1. The van der Waals surface area contributed by atoms with E-state index in [4.69, 9.17) is 9.84 Å². The van der Waals surface area contributed by atoms with E-state index in [1.54, 1.807) is 7.11 Å². The van der Waals surface area contributed by atoms with E-state index in [-0.39, 0.29) is 24.7 Å². The van der Waals surface area contributed by atoms with Crippen LogP contribution < -0.4 is 5.32 Å². The summed E-state index contributed by atoms with van der Waals surface area (Å²) in [6, 6.07) is -0.186. The minimum Gasteiger partial charge on any atom is -0.480 e. The molecule has 0 atom stereocenters. The number of carbonyl (C=O) groups is 2. The average Bonchev–Trinajstić information content (AvgIpc) is 2.21. The van der Waals surface area contributed by atoms with Crippen molar-refractivity contribution >= 4 is 12.0 Å². The summed E-state index contributed by atoms with van der Waals surface area (Å²) in [5, 5.41) is 11.5. The number of hydrogen-bond donors (Lipinski definition) is 2. The first-order chi connectivity index (χ1) is 8.06. The Morgan fingerprint density at radius 1 is 1.47 bits per heavy atom. The van der Waals surface area contributed by atoms with Crippen molar-refractivity contribution in [3.8, 4) is 0 Å². The van der Waals surface area contributed by atoms with E-state index in [0.717, 1.165) is 19.3 Å². The minimum absolute atomic E-state index is 0.112. The van der Waals surface area contributed by atoms with Gasteiger partial charge < -0.3 is 20.1 Å². The van der Waals surface area contributed by atoms with Gasteiger partial charge in [0.15, 0.2) is 0 Å². The number of aliphatic carboxylic acids is 1. The summed E-state index contributed by atoms with van der Waals surface area (Å²) >= 11 is 0. The van der Waals surface area contributed by atoms with E-state index in [2.05, 4.69) is 5.32 Å². The molecule has 98 valence electrons. The first-order valence-corrected chi connectivity index (χ1v) is 5.86. The lowest BCUT2D eigenvalue weighted by Gasteiger charge is -2.36. The molecule has 1 saturated carbocycles. The maximum absolute atomic E-state index is 11.8. The highest BCUT2D eigenvalue weighted by molar-refractivity contribution is 5.80. The fourth-order valence-electron chi connectivity index (χ4n) is 1.83. The lowest BCUT2D eigenvalue weighted by Crippen LogP contribution is -2.52. The zero-order chi connectivity index (χ0) is 12.8. The Bertz CT molecular complexity index is 277. The van der Waals surface area contributed by atoms with Crippen LogP contribution in [0.5, 0.6) is 0 Å². The molecule has 0 heterocycles. The Hall–Kier alpha value is -1.30. The van der Waals surface area contributed by atoms with Crippen molar-refractivity contribution in [2.24, 2.45) is 0 Å². The lowest BCUT2D eigenvalue weighted by atomic mass is 9.89. The van der Waals surface area contributed by atoms with Crippen molar-refractivity contribution in [1.29, 1.82) is 0 Å². The van der Waals surface area contributed by atoms with Crippen molar-refractivity contribution in [2.75, 3.05) is 20.2 Å². The number of carboxylic acid groups (broad SMARTS) is 1. The van der Waals surface area contributed by atoms with Gasteiger partial charge in [-0.15, -0.1) is 0 Å². The molecule has 1 fully saturated rings. The Morgan fingerprint density at radius 2 is 2.12 bits per heavy atom. The zero-order valence-electron chi connectivity index (χ0n) is 10.3. The lowest BCUT2D eigenvalue weighted by molar-refractivity contribution is -0.137. The highest BCUT2D eigenvalue weighted by atomic mass is 16.5. The van der Waals surface area contributed by atoms with Gasteiger partial charge in [-0.1, -0.05) is 6.92 Å². The molecule has 6 nitrogen and oxygen atoms in total. The van der Waals surface area contributed by atoms with Crippen molar-refractivity contribution in [1.82, 2.24) is 10.2 Å². The maximum atomic E-state index is 11.8. The molecule has 0 aromatic carbocycles. The molecular weight excluding hydrogens is 224 g/mol. The quantitative estimate of drug-likeness (QED) is 0.719. The van der Waals surface area contributed by atoms with Crippen LogP contribution in [0.2, 0.25) is 0 Å². The largest absolute Gasteiger partial charge is 0.480 e. The van der Waals surface area contributed by atoms with Gasteiger partial charge in [0.1, 0.15) is 6.54 Å². The number of carbonyl (C=O) groups excluding carboxylic acids is 1. The van der Waals surface area contributed by atoms with E-state index in [0.29, 0.717) is 6.54 Å². The SMILES string of the molecule is CCCN(CC(=O)O)C(=O)NC1CC(OC)C1. The van der Waals surface area contributed by atoms with E-state index in [9.17, 15) is 9.59 Å². The van der Waals surface area contributed by atoms with Gasteiger partial charge in [-0.3, -0.25) is 4.79 Å². The summed E-state index contributed by atoms with van der Waals surface area (Å²) in [5.74, 6) is -0.989. The summed E-state index contributed by atoms with van der Waals surface area (Å²) in [7, 11) is 1.65. The fraction of sp³-hybridized carbons (Fsp3) is 0.818. The molecule has 0 saturated heterocycles. The molecule has 2 N–H and O–H groups in total. The zero-order valence-corrected chi connectivity index (χ0v) is 10.3. The smallest absolute Gasteiger partial charge is 0.323 e. The van der Waals surface area contributed by atoms with Crippen LogP contribution in [0.3, 0.4) is 0 Å².